The van der Waals surface area contributed by atoms with Crippen LogP contribution in [0.1, 0.15) is 24.0 Å². The molecule has 1 aliphatic rings. The molecule has 2 heterocycles. The molecule has 2 aromatic carbocycles. The zero-order valence-electron chi connectivity index (χ0n) is 16.4. The third-order valence-electron chi connectivity index (χ3n) is 5.49. The number of nitrogens with zero attached hydrogens (tertiary/aromatic N) is 4. The molecule has 1 saturated heterocycles. The summed E-state index contributed by atoms with van der Waals surface area (Å²) >= 11 is 6.33. The van der Waals surface area contributed by atoms with Crippen LogP contribution in [-0.2, 0) is 0 Å². The van der Waals surface area contributed by atoms with Crippen molar-refractivity contribution in [3.63, 3.8) is 0 Å². The van der Waals surface area contributed by atoms with Crippen LogP contribution in [0.3, 0.4) is 0 Å². The molecule has 4 rings (SSSR count). The Morgan fingerprint density at radius 2 is 1.72 bits per heavy atom. The lowest BCUT2D eigenvalue weighted by Crippen LogP contribution is -2.52. The van der Waals surface area contributed by atoms with Crippen molar-refractivity contribution >= 4 is 23.1 Å². The standard InChI is InChI=1S/C24H23ClN4/c1-18-17-28(24-23(25)8-5-13-27-24)14-15-29(18)21-11-9-20(10-12-21)22(16-26)19-6-3-2-4-7-19/h2-13,18,22H,14-15,17H2,1H3/t18-,22?/m1/s1. The fourth-order valence-corrected chi connectivity index (χ4v) is 4.23. The molecule has 1 fully saturated rings. The van der Waals surface area contributed by atoms with Gasteiger partial charge in [-0.1, -0.05) is 54.1 Å². The van der Waals surface area contributed by atoms with Gasteiger partial charge in [-0.25, -0.2) is 4.98 Å². The highest BCUT2D eigenvalue weighted by atomic mass is 35.5. The normalized spacial score (nSPS) is 17.6. The minimum absolute atomic E-state index is 0.245. The number of benzene rings is 2. The van der Waals surface area contributed by atoms with Crippen LogP contribution in [-0.4, -0.2) is 30.7 Å². The Labute approximate surface area is 177 Å². The Bertz CT molecular complexity index is 997. The molecule has 1 aliphatic heterocycles. The van der Waals surface area contributed by atoms with Crippen LogP contribution in [0.15, 0.2) is 72.9 Å². The Morgan fingerprint density at radius 1 is 1.00 bits per heavy atom. The molecule has 3 aromatic rings. The van der Waals surface area contributed by atoms with E-state index in [-0.39, 0.29) is 5.92 Å². The van der Waals surface area contributed by atoms with Gasteiger partial charge in [0.2, 0.25) is 0 Å². The highest BCUT2D eigenvalue weighted by Crippen LogP contribution is 2.29. The number of anilines is 2. The van der Waals surface area contributed by atoms with Crippen LogP contribution in [0, 0.1) is 11.3 Å². The Hall–Kier alpha value is -3.03. The highest BCUT2D eigenvalue weighted by molar-refractivity contribution is 6.32. The Kier molecular flexibility index (Phi) is 5.69. The van der Waals surface area contributed by atoms with Crippen LogP contribution in [0.2, 0.25) is 5.02 Å². The molecule has 0 amide bonds. The summed E-state index contributed by atoms with van der Waals surface area (Å²) in [6, 6.07) is 24.8. The van der Waals surface area contributed by atoms with E-state index in [9.17, 15) is 5.26 Å². The first-order valence-corrected chi connectivity index (χ1v) is 10.2. The van der Waals surface area contributed by atoms with Crippen LogP contribution in [0.5, 0.6) is 0 Å². The van der Waals surface area contributed by atoms with E-state index in [1.54, 1.807) is 6.20 Å². The molecular formula is C24H23ClN4. The van der Waals surface area contributed by atoms with Gasteiger partial charge < -0.3 is 9.80 Å². The summed E-state index contributed by atoms with van der Waals surface area (Å²) in [5.41, 5.74) is 3.23. The van der Waals surface area contributed by atoms with Crippen molar-refractivity contribution in [2.45, 2.75) is 18.9 Å². The molecule has 5 heteroatoms. The minimum atomic E-state index is -0.245. The van der Waals surface area contributed by atoms with Gasteiger partial charge in [-0.2, -0.15) is 5.26 Å². The number of nitriles is 1. The van der Waals surface area contributed by atoms with E-state index in [2.05, 4.69) is 52.0 Å². The van der Waals surface area contributed by atoms with Crippen LogP contribution in [0.4, 0.5) is 11.5 Å². The van der Waals surface area contributed by atoms with Crippen LogP contribution in [0.25, 0.3) is 0 Å². The summed E-state index contributed by atoms with van der Waals surface area (Å²) < 4.78 is 0. The van der Waals surface area contributed by atoms with Crippen molar-refractivity contribution in [3.8, 4) is 6.07 Å². The molecule has 0 aliphatic carbocycles. The van der Waals surface area contributed by atoms with E-state index >= 15 is 0 Å². The summed E-state index contributed by atoms with van der Waals surface area (Å²) in [5.74, 6) is 0.613. The first-order valence-electron chi connectivity index (χ1n) is 9.84. The van der Waals surface area contributed by atoms with E-state index in [1.165, 1.54) is 5.69 Å². The average Bonchev–Trinajstić information content (AvgIpc) is 2.76. The van der Waals surface area contributed by atoms with Gasteiger partial charge in [0.1, 0.15) is 5.82 Å². The largest absolute Gasteiger partial charge is 0.365 e. The predicted octanol–water partition coefficient (Wildman–Crippen LogP) is 5.11. The maximum atomic E-state index is 9.67. The van der Waals surface area contributed by atoms with E-state index < -0.39 is 0 Å². The third-order valence-corrected chi connectivity index (χ3v) is 5.78. The van der Waals surface area contributed by atoms with Crippen molar-refractivity contribution in [3.05, 3.63) is 89.1 Å². The molecule has 29 heavy (non-hydrogen) atoms. The van der Waals surface area contributed by atoms with Crippen molar-refractivity contribution in [1.82, 2.24) is 4.98 Å². The molecular weight excluding hydrogens is 380 g/mol. The molecule has 0 radical (unpaired) electrons. The minimum Gasteiger partial charge on any atom is -0.365 e. The van der Waals surface area contributed by atoms with Crippen molar-refractivity contribution in [1.29, 1.82) is 5.26 Å². The number of piperazine rings is 1. The van der Waals surface area contributed by atoms with E-state index in [0.29, 0.717) is 11.1 Å². The Balaban J connectivity index is 1.49. The fraction of sp³-hybridized carbons (Fsp3) is 0.250. The van der Waals surface area contributed by atoms with Gasteiger partial charge in [-0.05, 0) is 42.3 Å². The molecule has 0 saturated carbocycles. The number of hydrogen-bond acceptors (Lipinski definition) is 4. The van der Waals surface area contributed by atoms with E-state index in [4.69, 9.17) is 11.6 Å². The molecule has 0 bridgehead atoms. The van der Waals surface area contributed by atoms with Crippen molar-refractivity contribution in [2.24, 2.45) is 0 Å². The topological polar surface area (TPSA) is 43.2 Å². The zero-order valence-corrected chi connectivity index (χ0v) is 17.1. The Morgan fingerprint density at radius 3 is 2.38 bits per heavy atom. The van der Waals surface area contributed by atoms with Gasteiger partial charge in [0.05, 0.1) is 17.0 Å². The second-order valence-electron chi connectivity index (χ2n) is 7.36. The molecule has 0 N–H and O–H groups in total. The van der Waals surface area contributed by atoms with Gasteiger partial charge in [0.25, 0.3) is 0 Å². The van der Waals surface area contributed by atoms with Gasteiger partial charge in [-0.15, -0.1) is 0 Å². The highest BCUT2D eigenvalue weighted by Gasteiger charge is 2.26. The number of pyridine rings is 1. The lowest BCUT2D eigenvalue weighted by Gasteiger charge is -2.42. The summed E-state index contributed by atoms with van der Waals surface area (Å²) in [5, 5.41) is 10.4. The monoisotopic (exact) mass is 402 g/mol. The smallest absolute Gasteiger partial charge is 0.147 e. The van der Waals surface area contributed by atoms with Crippen LogP contribution < -0.4 is 9.80 Å². The number of halogens is 1. The number of rotatable bonds is 4. The molecule has 146 valence electrons. The van der Waals surface area contributed by atoms with Crippen molar-refractivity contribution in [2.75, 3.05) is 29.4 Å². The zero-order chi connectivity index (χ0) is 20.2. The molecule has 0 spiro atoms. The lowest BCUT2D eigenvalue weighted by molar-refractivity contribution is 0.547. The molecule has 1 aromatic heterocycles. The summed E-state index contributed by atoms with van der Waals surface area (Å²) in [6.07, 6.45) is 1.79. The average molecular weight is 403 g/mol. The van der Waals surface area contributed by atoms with Crippen LogP contribution >= 0.6 is 11.6 Å². The molecule has 4 nitrogen and oxygen atoms in total. The maximum absolute atomic E-state index is 9.67. The van der Waals surface area contributed by atoms with E-state index in [0.717, 1.165) is 36.6 Å². The second-order valence-corrected chi connectivity index (χ2v) is 7.77. The molecule has 1 unspecified atom stereocenters. The van der Waals surface area contributed by atoms with Gasteiger partial charge in [0, 0.05) is 37.6 Å². The summed E-state index contributed by atoms with van der Waals surface area (Å²) in [7, 11) is 0. The third kappa shape index (κ3) is 4.06. The quantitative estimate of drug-likeness (QED) is 0.608. The van der Waals surface area contributed by atoms with Crippen molar-refractivity contribution < 1.29 is 0 Å². The second kappa shape index (κ2) is 8.55. The predicted molar refractivity (Wildman–Crippen MR) is 119 cm³/mol. The first-order chi connectivity index (χ1) is 14.2. The maximum Gasteiger partial charge on any atom is 0.147 e. The molecule has 2 atom stereocenters. The fourth-order valence-electron chi connectivity index (χ4n) is 3.99. The number of hydrogen-bond donors (Lipinski definition) is 0. The SMILES string of the molecule is C[C@@H]1CN(c2ncccc2Cl)CCN1c1ccc(C(C#N)c2ccccc2)cc1. The first kappa shape index (κ1) is 19.3. The van der Waals surface area contributed by atoms with E-state index in [1.807, 2.05) is 42.5 Å². The number of aromatic nitrogens is 1. The van der Waals surface area contributed by atoms with Gasteiger partial charge >= 0.3 is 0 Å². The van der Waals surface area contributed by atoms with Gasteiger partial charge in [-0.3, -0.25) is 0 Å². The van der Waals surface area contributed by atoms with Gasteiger partial charge in [0.15, 0.2) is 0 Å². The summed E-state index contributed by atoms with van der Waals surface area (Å²) in [4.78, 5) is 9.10. The summed E-state index contributed by atoms with van der Waals surface area (Å²) in [6.45, 7) is 4.85. The lowest BCUT2D eigenvalue weighted by atomic mass is 9.92.